The summed E-state index contributed by atoms with van der Waals surface area (Å²) in [6, 6.07) is 6.59. The van der Waals surface area contributed by atoms with Crippen molar-refractivity contribution in [1.82, 2.24) is 0 Å². The summed E-state index contributed by atoms with van der Waals surface area (Å²) in [7, 11) is 0. The highest BCUT2D eigenvalue weighted by atomic mass is 14.0. The summed E-state index contributed by atoms with van der Waals surface area (Å²) < 4.78 is 0. The van der Waals surface area contributed by atoms with E-state index < -0.39 is 0 Å². The Kier molecular flexibility index (Phi) is 26.1. The van der Waals surface area contributed by atoms with Crippen molar-refractivity contribution in [2.45, 2.75) is 95.9 Å². The molecule has 0 aromatic heterocycles. The molecule has 0 aliphatic heterocycles. The predicted octanol–water partition coefficient (Wildman–Crippen LogP) is 9.11. The van der Waals surface area contributed by atoms with E-state index in [9.17, 15) is 0 Å². The van der Waals surface area contributed by atoms with Crippen LogP contribution in [0, 0.1) is 19.8 Å². The average Bonchev–Trinajstić information content (AvgIpc) is 2.53. The van der Waals surface area contributed by atoms with E-state index in [1.807, 2.05) is 20.8 Å². The van der Waals surface area contributed by atoms with Crippen LogP contribution in [0.25, 0.3) is 0 Å². The van der Waals surface area contributed by atoms with E-state index in [0.717, 1.165) is 18.8 Å². The second-order valence-corrected chi connectivity index (χ2v) is 6.67. The molecule has 0 amide bonds. The van der Waals surface area contributed by atoms with Gasteiger partial charge in [-0.15, -0.1) is 6.58 Å². The molecule has 0 saturated carbocycles. The number of hydrogen-bond acceptors (Lipinski definition) is 0. The van der Waals surface area contributed by atoms with Crippen LogP contribution in [0.15, 0.2) is 42.5 Å². The molecule has 0 nitrogen and oxygen atoms in total. The van der Waals surface area contributed by atoms with Crippen molar-refractivity contribution in [2.75, 3.05) is 0 Å². The van der Waals surface area contributed by atoms with Gasteiger partial charge in [0.1, 0.15) is 0 Å². The predicted molar refractivity (Wildman–Crippen MR) is 123 cm³/mol. The molecule has 0 heteroatoms. The van der Waals surface area contributed by atoms with Crippen molar-refractivity contribution in [3.05, 3.63) is 59.2 Å². The average molecular weight is 349 g/mol. The summed E-state index contributed by atoms with van der Waals surface area (Å²) in [6.45, 7) is 28.7. The summed E-state index contributed by atoms with van der Waals surface area (Å²) in [5, 5.41) is 0. The maximum atomic E-state index is 3.90. The van der Waals surface area contributed by atoms with Gasteiger partial charge in [-0.3, -0.25) is 0 Å². The second kappa shape index (κ2) is 20.7. The third-order valence-electron chi connectivity index (χ3n) is 3.50. The Morgan fingerprint density at radius 2 is 1.32 bits per heavy atom. The summed E-state index contributed by atoms with van der Waals surface area (Å²) in [4.78, 5) is 0. The van der Waals surface area contributed by atoms with Crippen LogP contribution in [0.2, 0.25) is 0 Å². The SMILES string of the molecule is C.C=C(C)CC.C=C(C)Cc1ccc(C)c(C)c1.CC.CCC(C)C. The van der Waals surface area contributed by atoms with Gasteiger partial charge in [0.05, 0.1) is 0 Å². The fourth-order valence-electron chi connectivity index (χ4n) is 1.26. The first-order valence-electron chi connectivity index (χ1n) is 9.48. The molecule has 0 unspecified atom stereocenters. The smallest absolute Gasteiger partial charge is 0.00725 e. The van der Waals surface area contributed by atoms with E-state index in [1.165, 1.54) is 34.3 Å². The standard InChI is InChI=1S/C12H16.C5H12.C5H10.C2H6.CH4/c1-9(2)7-12-6-5-10(3)11(4)8-12;2*1-4-5(2)3;1-2;/h5-6,8H,1,7H2,2-4H3;5H,4H2,1-3H3;2,4H2,1,3H3;1-2H3;1H4. The van der Waals surface area contributed by atoms with Gasteiger partial charge in [0.15, 0.2) is 0 Å². The summed E-state index contributed by atoms with van der Waals surface area (Å²) in [6.07, 6.45) is 3.42. The van der Waals surface area contributed by atoms with Crippen molar-refractivity contribution in [3.8, 4) is 0 Å². The van der Waals surface area contributed by atoms with E-state index in [4.69, 9.17) is 0 Å². The van der Waals surface area contributed by atoms with E-state index in [2.05, 4.69) is 79.8 Å². The largest absolute Gasteiger partial charge is 0.100 e. The molecule has 0 spiro atoms. The molecule has 148 valence electrons. The Bertz CT molecular complexity index is 435. The fourth-order valence-corrected chi connectivity index (χ4v) is 1.26. The molecule has 0 atom stereocenters. The lowest BCUT2D eigenvalue weighted by Gasteiger charge is -2.04. The lowest BCUT2D eigenvalue weighted by molar-refractivity contribution is 0.626. The normalized spacial score (nSPS) is 8.44. The zero-order chi connectivity index (χ0) is 19.7. The van der Waals surface area contributed by atoms with Crippen LogP contribution < -0.4 is 0 Å². The highest BCUT2D eigenvalue weighted by molar-refractivity contribution is 5.31. The van der Waals surface area contributed by atoms with E-state index in [0.29, 0.717) is 0 Å². The van der Waals surface area contributed by atoms with Gasteiger partial charge < -0.3 is 0 Å². The Morgan fingerprint density at radius 1 is 0.920 bits per heavy atom. The van der Waals surface area contributed by atoms with Crippen LogP contribution in [0.1, 0.15) is 92.3 Å². The Morgan fingerprint density at radius 3 is 1.56 bits per heavy atom. The van der Waals surface area contributed by atoms with Crippen LogP contribution >= 0.6 is 0 Å². The quantitative estimate of drug-likeness (QED) is 0.476. The van der Waals surface area contributed by atoms with Gasteiger partial charge in [0, 0.05) is 0 Å². The number of hydrogen-bond donors (Lipinski definition) is 0. The fraction of sp³-hybridized carbons (Fsp3) is 0.600. The third-order valence-corrected chi connectivity index (χ3v) is 3.50. The molecule has 0 heterocycles. The minimum atomic E-state index is 0. The van der Waals surface area contributed by atoms with E-state index >= 15 is 0 Å². The molecular formula is C25H48. The van der Waals surface area contributed by atoms with Crippen LogP contribution in [0.5, 0.6) is 0 Å². The molecule has 0 saturated heterocycles. The molecule has 25 heavy (non-hydrogen) atoms. The van der Waals surface area contributed by atoms with Crippen LogP contribution in [-0.4, -0.2) is 0 Å². The molecule has 0 fully saturated rings. The van der Waals surface area contributed by atoms with E-state index in [-0.39, 0.29) is 7.43 Å². The summed E-state index contributed by atoms with van der Waals surface area (Å²) in [5.74, 6) is 0.884. The molecule has 0 bridgehead atoms. The zero-order valence-corrected chi connectivity index (χ0v) is 18.3. The van der Waals surface area contributed by atoms with E-state index in [1.54, 1.807) is 0 Å². The first-order valence-corrected chi connectivity index (χ1v) is 9.48. The zero-order valence-electron chi connectivity index (χ0n) is 18.3. The van der Waals surface area contributed by atoms with Crippen molar-refractivity contribution in [1.29, 1.82) is 0 Å². The van der Waals surface area contributed by atoms with Crippen molar-refractivity contribution in [3.63, 3.8) is 0 Å². The highest BCUT2D eigenvalue weighted by Gasteiger charge is 1.95. The number of rotatable bonds is 4. The van der Waals surface area contributed by atoms with Crippen LogP contribution in [0.3, 0.4) is 0 Å². The first-order chi connectivity index (χ1) is 11.1. The Labute approximate surface area is 161 Å². The minimum Gasteiger partial charge on any atom is -0.100 e. The Balaban J connectivity index is -0.000000143. The van der Waals surface area contributed by atoms with Crippen molar-refractivity contribution >= 4 is 0 Å². The number of aryl methyl sites for hydroxylation is 2. The highest BCUT2D eigenvalue weighted by Crippen LogP contribution is 2.12. The maximum Gasteiger partial charge on any atom is -0.00725 e. The lowest BCUT2D eigenvalue weighted by atomic mass is 10.0. The van der Waals surface area contributed by atoms with Crippen molar-refractivity contribution in [2.24, 2.45) is 5.92 Å². The summed E-state index contributed by atoms with van der Waals surface area (Å²) in [5.41, 5.74) is 6.57. The number of benzene rings is 1. The Hall–Kier alpha value is -1.30. The second-order valence-electron chi connectivity index (χ2n) is 6.67. The first kappa shape index (κ1) is 31.5. The molecule has 1 aromatic rings. The molecule has 0 aliphatic carbocycles. The lowest BCUT2D eigenvalue weighted by Crippen LogP contribution is -1.88. The molecule has 1 aromatic carbocycles. The van der Waals surface area contributed by atoms with Crippen LogP contribution in [0.4, 0.5) is 0 Å². The maximum absolute atomic E-state index is 3.90. The molecular weight excluding hydrogens is 300 g/mol. The van der Waals surface area contributed by atoms with Gasteiger partial charge in [-0.2, -0.15) is 0 Å². The van der Waals surface area contributed by atoms with Gasteiger partial charge in [-0.05, 0) is 63.1 Å². The van der Waals surface area contributed by atoms with Crippen LogP contribution in [-0.2, 0) is 6.42 Å². The monoisotopic (exact) mass is 348 g/mol. The van der Waals surface area contributed by atoms with Gasteiger partial charge in [0.25, 0.3) is 0 Å². The third kappa shape index (κ3) is 25.1. The molecule has 0 N–H and O–H groups in total. The molecule has 1 rings (SSSR count). The topological polar surface area (TPSA) is 0 Å². The van der Waals surface area contributed by atoms with Gasteiger partial charge in [0.2, 0.25) is 0 Å². The van der Waals surface area contributed by atoms with Gasteiger partial charge in [-0.25, -0.2) is 0 Å². The summed E-state index contributed by atoms with van der Waals surface area (Å²) >= 11 is 0. The van der Waals surface area contributed by atoms with Gasteiger partial charge >= 0.3 is 0 Å². The number of allylic oxidation sites excluding steroid dienone is 2. The molecule has 0 radical (unpaired) electrons. The van der Waals surface area contributed by atoms with Crippen molar-refractivity contribution < 1.29 is 0 Å². The van der Waals surface area contributed by atoms with Gasteiger partial charge in [-0.1, -0.05) is 91.3 Å². The molecule has 0 aliphatic rings. The minimum absolute atomic E-state index is 0.